The SMILES string of the molecule is CC(C)(C)OC(=O)N1Cc2cc(C#N)ccc2OC(C)(C)C1. The van der Waals surface area contributed by atoms with Gasteiger partial charge < -0.3 is 9.47 Å². The monoisotopic (exact) mass is 302 g/mol. The van der Waals surface area contributed by atoms with Crippen LogP contribution in [0.1, 0.15) is 45.7 Å². The normalized spacial score (nSPS) is 16.8. The summed E-state index contributed by atoms with van der Waals surface area (Å²) in [5.74, 6) is 0.704. The van der Waals surface area contributed by atoms with Crippen LogP contribution in [0, 0.1) is 11.3 Å². The Balaban J connectivity index is 2.33. The van der Waals surface area contributed by atoms with Gasteiger partial charge in [-0.15, -0.1) is 0 Å². The summed E-state index contributed by atoms with van der Waals surface area (Å²) in [4.78, 5) is 14.0. The van der Waals surface area contributed by atoms with Crippen molar-refractivity contribution in [2.24, 2.45) is 0 Å². The summed E-state index contributed by atoms with van der Waals surface area (Å²) in [6.07, 6.45) is -0.376. The van der Waals surface area contributed by atoms with Crippen LogP contribution in [0.5, 0.6) is 5.75 Å². The first kappa shape index (κ1) is 16.2. The Bertz CT molecular complexity index is 624. The average Bonchev–Trinajstić information content (AvgIpc) is 2.50. The highest BCUT2D eigenvalue weighted by Gasteiger charge is 2.33. The Labute approximate surface area is 131 Å². The van der Waals surface area contributed by atoms with E-state index in [1.165, 1.54) is 0 Å². The zero-order valence-electron chi connectivity index (χ0n) is 13.8. The minimum Gasteiger partial charge on any atom is -0.486 e. The number of hydrogen-bond acceptors (Lipinski definition) is 4. The zero-order chi connectivity index (χ0) is 16.5. The van der Waals surface area contributed by atoms with E-state index in [1.807, 2.05) is 34.6 Å². The molecule has 0 aromatic heterocycles. The van der Waals surface area contributed by atoms with Gasteiger partial charge in [-0.3, -0.25) is 4.90 Å². The van der Waals surface area contributed by atoms with Crippen LogP contribution in [0.25, 0.3) is 0 Å². The van der Waals surface area contributed by atoms with Gasteiger partial charge in [0.1, 0.15) is 17.0 Å². The quantitative estimate of drug-likeness (QED) is 0.736. The Morgan fingerprint density at radius 2 is 2.09 bits per heavy atom. The summed E-state index contributed by atoms with van der Waals surface area (Å²) in [6, 6.07) is 7.37. The molecule has 118 valence electrons. The lowest BCUT2D eigenvalue weighted by molar-refractivity contribution is 0.00752. The standard InChI is InChI=1S/C17H22N2O3/c1-16(2,3)22-15(20)19-10-13-8-12(9-18)6-7-14(13)21-17(4,5)11-19/h6-8H,10-11H2,1-5H3. The molecule has 0 bridgehead atoms. The van der Waals surface area contributed by atoms with E-state index in [0.717, 1.165) is 5.56 Å². The number of amides is 1. The maximum atomic E-state index is 12.4. The number of benzene rings is 1. The third kappa shape index (κ3) is 3.91. The van der Waals surface area contributed by atoms with Gasteiger partial charge in [0.05, 0.1) is 24.7 Å². The van der Waals surface area contributed by atoms with Gasteiger partial charge in [0, 0.05) is 5.56 Å². The van der Waals surface area contributed by atoms with E-state index in [0.29, 0.717) is 24.4 Å². The summed E-state index contributed by atoms with van der Waals surface area (Å²) >= 11 is 0. The Kier molecular flexibility index (Phi) is 4.06. The van der Waals surface area contributed by atoms with E-state index in [9.17, 15) is 4.79 Å². The van der Waals surface area contributed by atoms with Crippen molar-refractivity contribution in [3.63, 3.8) is 0 Å². The van der Waals surface area contributed by atoms with Crippen LogP contribution >= 0.6 is 0 Å². The number of fused-ring (bicyclic) bond motifs is 1. The van der Waals surface area contributed by atoms with Crippen LogP contribution in [0.2, 0.25) is 0 Å². The largest absolute Gasteiger partial charge is 0.486 e. The van der Waals surface area contributed by atoms with Gasteiger partial charge in [0.15, 0.2) is 0 Å². The lowest BCUT2D eigenvalue weighted by atomic mass is 10.1. The second-order valence-corrected chi connectivity index (χ2v) is 7.13. The van der Waals surface area contributed by atoms with Crippen molar-refractivity contribution in [2.75, 3.05) is 6.54 Å². The number of nitrogens with zero attached hydrogens (tertiary/aromatic N) is 2. The van der Waals surface area contributed by atoms with Gasteiger partial charge >= 0.3 is 6.09 Å². The number of hydrogen-bond donors (Lipinski definition) is 0. The van der Waals surface area contributed by atoms with Crippen molar-refractivity contribution in [1.29, 1.82) is 5.26 Å². The summed E-state index contributed by atoms with van der Waals surface area (Å²) in [6.45, 7) is 10.2. The molecule has 2 rings (SSSR count). The minimum absolute atomic E-state index is 0.364. The second-order valence-electron chi connectivity index (χ2n) is 7.13. The van der Waals surface area contributed by atoms with E-state index in [4.69, 9.17) is 14.7 Å². The first-order chi connectivity index (χ1) is 10.1. The number of rotatable bonds is 0. The van der Waals surface area contributed by atoms with Crippen LogP contribution < -0.4 is 4.74 Å². The molecule has 0 N–H and O–H groups in total. The molecule has 0 fully saturated rings. The van der Waals surface area contributed by atoms with E-state index in [-0.39, 0.29) is 6.09 Å². The molecule has 22 heavy (non-hydrogen) atoms. The second kappa shape index (κ2) is 5.53. The molecule has 1 aromatic carbocycles. The molecular formula is C17H22N2O3. The van der Waals surface area contributed by atoms with Gasteiger partial charge in [-0.1, -0.05) is 0 Å². The van der Waals surface area contributed by atoms with Crippen molar-refractivity contribution in [1.82, 2.24) is 4.90 Å². The molecule has 1 aliphatic rings. The molecule has 0 spiro atoms. The predicted molar refractivity (Wildman–Crippen MR) is 82.5 cm³/mol. The number of carbonyl (C=O) groups excluding carboxylic acids is 1. The molecule has 0 aliphatic carbocycles. The van der Waals surface area contributed by atoms with Crippen molar-refractivity contribution >= 4 is 6.09 Å². The fourth-order valence-corrected chi connectivity index (χ4v) is 2.38. The molecule has 1 heterocycles. The van der Waals surface area contributed by atoms with Crippen LogP contribution in [0.4, 0.5) is 4.79 Å². The van der Waals surface area contributed by atoms with E-state index < -0.39 is 11.2 Å². The van der Waals surface area contributed by atoms with Gasteiger partial charge in [0.25, 0.3) is 0 Å². The fourth-order valence-electron chi connectivity index (χ4n) is 2.38. The molecular weight excluding hydrogens is 280 g/mol. The lowest BCUT2D eigenvalue weighted by Gasteiger charge is -2.31. The van der Waals surface area contributed by atoms with E-state index >= 15 is 0 Å². The van der Waals surface area contributed by atoms with Crippen LogP contribution in [0.15, 0.2) is 18.2 Å². The Hall–Kier alpha value is -2.22. The highest BCUT2D eigenvalue weighted by molar-refractivity contribution is 5.68. The van der Waals surface area contributed by atoms with Crippen LogP contribution in [-0.2, 0) is 11.3 Å². The molecule has 0 atom stereocenters. The lowest BCUT2D eigenvalue weighted by Crippen LogP contribution is -2.45. The number of ether oxygens (including phenoxy) is 2. The molecule has 5 heteroatoms. The molecule has 1 aliphatic heterocycles. The summed E-state index contributed by atoms with van der Waals surface area (Å²) in [5, 5.41) is 9.04. The average molecular weight is 302 g/mol. The van der Waals surface area contributed by atoms with Crippen molar-refractivity contribution < 1.29 is 14.3 Å². The van der Waals surface area contributed by atoms with Gasteiger partial charge in [-0.2, -0.15) is 5.26 Å². The highest BCUT2D eigenvalue weighted by atomic mass is 16.6. The summed E-state index contributed by atoms with van der Waals surface area (Å²) in [7, 11) is 0. The third-order valence-electron chi connectivity index (χ3n) is 3.16. The summed E-state index contributed by atoms with van der Waals surface area (Å²) < 4.78 is 11.5. The van der Waals surface area contributed by atoms with Gasteiger partial charge in [-0.05, 0) is 52.8 Å². The fraction of sp³-hybridized carbons (Fsp3) is 0.529. The Morgan fingerprint density at radius 1 is 1.41 bits per heavy atom. The van der Waals surface area contributed by atoms with Gasteiger partial charge in [0.2, 0.25) is 0 Å². The van der Waals surface area contributed by atoms with Crippen molar-refractivity contribution in [3.8, 4) is 11.8 Å². The minimum atomic E-state index is -0.550. The molecule has 1 aromatic rings. The van der Waals surface area contributed by atoms with Crippen LogP contribution in [-0.4, -0.2) is 28.7 Å². The maximum absolute atomic E-state index is 12.4. The molecule has 0 saturated heterocycles. The first-order valence-electron chi connectivity index (χ1n) is 7.30. The first-order valence-corrected chi connectivity index (χ1v) is 7.30. The summed E-state index contributed by atoms with van der Waals surface area (Å²) in [5.41, 5.74) is 0.281. The van der Waals surface area contributed by atoms with Crippen molar-refractivity contribution in [2.45, 2.75) is 52.4 Å². The smallest absolute Gasteiger partial charge is 0.410 e. The molecule has 0 unspecified atom stereocenters. The maximum Gasteiger partial charge on any atom is 0.410 e. The highest BCUT2D eigenvalue weighted by Crippen LogP contribution is 2.30. The molecule has 0 saturated carbocycles. The molecule has 0 radical (unpaired) electrons. The zero-order valence-corrected chi connectivity index (χ0v) is 13.8. The predicted octanol–water partition coefficient (Wildman–Crippen LogP) is 3.47. The number of nitriles is 1. The van der Waals surface area contributed by atoms with E-state index in [1.54, 1.807) is 23.1 Å². The van der Waals surface area contributed by atoms with Crippen molar-refractivity contribution in [3.05, 3.63) is 29.3 Å². The topological polar surface area (TPSA) is 62.6 Å². The van der Waals surface area contributed by atoms with Crippen LogP contribution in [0.3, 0.4) is 0 Å². The third-order valence-corrected chi connectivity index (χ3v) is 3.16. The number of carbonyl (C=O) groups is 1. The van der Waals surface area contributed by atoms with E-state index in [2.05, 4.69) is 6.07 Å². The Morgan fingerprint density at radius 3 is 2.68 bits per heavy atom. The van der Waals surface area contributed by atoms with Gasteiger partial charge in [-0.25, -0.2) is 4.79 Å². The molecule has 1 amide bonds. The molecule has 5 nitrogen and oxygen atoms in total.